The van der Waals surface area contributed by atoms with E-state index >= 15 is 0 Å². The molecule has 1 saturated heterocycles. The third-order valence-electron chi connectivity index (χ3n) is 4.58. The third-order valence-corrected chi connectivity index (χ3v) is 4.58. The van der Waals surface area contributed by atoms with Crippen molar-refractivity contribution in [3.63, 3.8) is 0 Å². The predicted molar refractivity (Wildman–Crippen MR) is 91.6 cm³/mol. The molecule has 0 spiro atoms. The molecule has 0 bridgehead atoms. The van der Waals surface area contributed by atoms with Gasteiger partial charge in [-0.3, -0.25) is 0 Å². The van der Waals surface area contributed by atoms with Crippen LogP contribution in [0, 0.1) is 5.82 Å². The summed E-state index contributed by atoms with van der Waals surface area (Å²) in [4.78, 5) is 11.6. The monoisotopic (exact) mass is 396 g/mol. The van der Waals surface area contributed by atoms with Crippen LogP contribution in [0.2, 0.25) is 0 Å². The molecule has 8 nitrogen and oxygen atoms in total. The fraction of sp³-hybridized carbons (Fsp3) is 0.438. The van der Waals surface area contributed by atoms with Crippen LogP contribution in [0.1, 0.15) is 18.4 Å². The summed E-state index contributed by atoms with van der Waals surface area (Å²) in [5.74, 6) is -0.988. The minimum absolute atomic E-state index is 0.0184. The maximum atomic E-state index is 14.5. The van der Waals surface area contributed by atoms with E-state index in [0.717, 1.165) is 0 Å². The summed E-state index contributed by atoms with van der Waals surface area (Å²) in [6.07, 6.45) is -2.85. The lowest BCUT2D eigenvalue weighted by Crippen LogP contribution is -2.47. The fourth-order valence-electron chi connectivity index (χ4n) is 3.13. The number of aromatic nitrogens is 6. The van der Waals surface area contributed by atoms with E-state index in [1.165, 1.54) is 12.4 Å². The van der Waals surface area contributed by atoms with E-state index in [2.05, 4.69) is 25.3 Å². The highest BCUT2D eigenvalue weighted by molar-refractivity contribution is 5.49. The molecule has 12 heteroatoms. The molecular formula is C16H16F4N8. The zero-order valence-corrected chi connectivity index (χ0v) is 14.9. The number of nitrogens with zero attached hydrogens (tertiary/aromatic N) is 8. The van der Waals surface area contributed by atoms with Gasteiger partial charge in [-0.1, -0.05) is 6.92 Å². The predicted octanol–water partition coefficient (Wildman–Crippen LogP) is 1.96. The molecule has 0 amide bonds. The molecule has 1 aliphatic rings. The van der Waals surface area contributed by atoms with Crippen molar-refractivity contribution in [2.24, 2.45) is 0 Å². The van der Waals surface area contributed by atoms with Crippen molar-refractivity contribution in [1.82, 2.24) is 29.8 Å². The summed E-state index contributed by atoms with van der Waals surface area (Å²) in [6.45, 7) is 3.62. The van der Waals surface area contributed by atoms with Crippen molar-refractivity contribution < 1.29 is 17.6 Å². The molecule has 0 atom stereocenters. The summed E-state index contributed by atoms with van der Waals surface area (Å²) in [5.41, 5.74) is 0.372. The van der Waals surface area contributed by atoms with E-state index in [-0.39, 0.29) is 11.5 Å². The van der Waals surface area contributed by atoms with Gasteiger partial charge < -0.3 is 9.80 Å². The smallest absolute Gasteiger partial charge is 0.352 e. The van der Waals surface area contributed by atoms with E-state index in [0.29, 0.717) is 48.6 Å². The van der Waals surface area contributed by atoms with Gasteiger partial charge in [0, 0.05) is 26.2 Å². The van der Waals surface area contributed by atoms with Gasteiger partial charge in [-0.15, -0.1) is 15.3 Å². The maximum absolute atomic E-state index is 14.5. The average Bonchev–Trinajstić information content (AvgIpc) is 3.12. The van der Waals surface area contributed by atoms with Gasteiger partial charge >= 0.3 is 6.18 Å². The largest absolute Gasteiger partial charge is 0.453 e. The summed E-state index contributed by atoms with van der Waals surface area (Å²) in [7, 11) is 0. The Morgan fingerprint density at radius 3 is 2.39 bits per heavy atom. The first kappa shape index (κ1) is 18.3. The van der Waals surface area contributed by atoms with Gasteiger partial charge in [0.2, 0.25) is 0 Å². The van der Waals surface area contributed by atoms with Crippen LogP contribution in [0.4, 0.5) is 29.2 Å². The summed E-state index contributed by atoms with van der Waals surface area (Å²) >= 11 is 0. The Hall–Kier alpha value is -3.05. The molecule has 0 unspecified atom stereocenters. The number of rotatable bonds is 3. The van der Waals surface area contributed by atoms with Crippen LogP contribution < -0.4 is 9.80 Å². The molecule has 1 aliphatic heterocycles. The molecule has 148 valence electrons. The van der Waals surface area contributed by atoms with Gasteiger partial charge in [-0.05, 0) is 18.6 Å². The van der Waals surface area contributed by atoms with Crippen molar-refractivity contribution in [2.75, 3.05) is 36.0 Å². The topological polar surface area (TPSA) is 75.3 Å². The molecule has 4 heterocycles. The lowest BCUT2D eigenvalue weighted by molar-refractivity contribution is -0.146. The molecule has 0 N–H and O–H groups in total. The first-order valence-corrected chi connectivity index (χ1v) is 8.67. The van der Waals surface area contributed by atoms with Gasteiger partial charge in [0.1, 0.15) is 12.1 Å². The molecule has 4 rings (SSSR count). The van der Waals surface area contributed by atoms with Gasteiger partial charge in [0.25, 0.3) is 5.82 Å². The van der Waals surface area contributed by atoms with Crippen molar-refractivity contribution in [2.45, 2.75) is 19.5 Å². The summed E-state index contributed by atoms with van der Waals surface area (Å²) in [6, 6.07) is 3.04. The molecule has 0 aromatic carbocycles. The van der Waals surface area contributed by atoms with E-state index in [9.17, 15) is 17.6 Å². The number of hydrogen-bond acceptors (Lipinski definition) is 7. The molecule has 0 saturated carbocycles. The van der Waals surface area contributed by atoms with Crippen molar-refractivity contribution in [1.29, 1.82) is 0 Å². The Morgan fingerprint density at radius 2 is 1.71 bits per heavy atom. The van der Waals surface area contributed by atoms with Gasteiger partial charge in [-0.25, -0.2) is 14.4 Å². The van der Waals surface area contributed by atoms with Crippen LogP contribution >= 0.6 is 0 Å². The minimum Gasteiger partial charge on any atom is -0.352 e. The second kappa shape index (κ2) is 6.84. The number of alkyl halides is 3. The highest BCUT2D eigenvalue weighted by Gasteiger charge is 2.38. The number of fused-ring (bicyclic) bond motifs is 1. The molecule has 28 heavy (non-hydrogen) atoms. The number of anilines is 2. The van der Waals surface area contributed by atoms with Gasteiger partial charge in [0.05, 0.1) is 5.69 Å². The molecule has 1 fully saturated rings. The second-order valence-corrected chi connectivity index (χ2v) is 6.27. The van der Waals surface area contributed by atoms with Crippen molar-refractivity contribution >= 4 is 17.3 Å². The van der Waals surface area contributed by atoms with E-state index in [1.807, 2.05) is 11.8 Å². The normalized spacial score (nSPS) is 15.5. The summed E-state index contributed by atoms with van der Waals surface area (Å²) in [5, 5.41) is 10.7. The van der Waals surface area contributed by atoms with Crippen molar-refractivity contribution in [3.8, 4) is 0 Å². The molecule has 0 aliphatic carbocycles. The number of halogens is 4. The Kier molecular flexibility index (Phi) is 4.47. The fourth-order valence-corrected chi connectivity index (χ4v) is 3.13. The van der Waals surface area contributed by atoms with Crippen LogP contribution in [0.15, 0.2) is 18.5 Å². The lowest BCUT2D eigenvalue weighted by atomic mass is 10.2. The highest BCUT2D eigenvalue weighted by atomic mass is 19.4. The third kappa shape index (κ3) is 3.18. The number of hydrogen-bond donors (Lipinski definition) is 0. The van der Waals surface area contributed by atoms with E-state index in [4.69, 9.17) is 0 Å². The van der Waals surface area contributed by atoms with Crippen LogP contribution in [0.25, 0.3) is 5.65 Å². The quantitative estimate of drug-likeness (QED) is 0.627. The van der Waals surface area contributed by atoms with Crippen molar-refractivity contribution in [3.05, 3.63) is 35.8 Å². The number of aryl methyl sites for hydroxylation is 1. The first-order chi connectivity index (χ1) is 13.4. The van der Waals surface area contributed by atoms with Crippen LogP contribution in [-0.4, -0.2) is 56.0 Å². The molecular weight excluding hydrogens is 380 g/mol. The second-order valence-electron chi connectivity index (χ2n) is 6.27. The molecule has 3 aromatic rings. The SMILES string of the molecule is CCc1ncnc(N2CCN(c3ccc4nnc(C(F)(F)F)n4n3)CC2)c1F. The summed E-state index contributed by atoms with van der Waals surface area (Å²) < 4.78 is 54.2. The Morgan fingerprint density at radius 1 is 1.00 bits per heavy atom. The van der Waals surface area contributed by atoms with Crippen LogP contribution in [-0.2, 0) is 12.6 Å². The minimum atomic E-state index is -4.65. The molecule has 0 radical (unpaired) electrons. The first-order valence-electron chi connectivity index (χ1n) is 8.67. The zero-order chi connectivity index (χ0) is 19.9. The Labute approximate surface area is 156 Å². The number of piperazine rings is 1. The average molecular weight is 396 g/mol. The Balaban J connectivity index is 1.54. The Bertz CT molecular complexity index is 994. The zero-order valence-electron chi connectivity index (χ0n) is 14.9. The van der Waals surface area contributed by atoms with E-state index in [1.54, 1.807) is 11.0 Å². The lowest BCUT2D eigenvalue weighted by Gasteiger charge is -2.36. The van der Waals surface area contributed by atoms with Crippen LogP contribution in [0.3, 0.4) is 0 Å². The van der Waals surface area contributed by atoms with Gasteiger partial charge in [-0.2, -0.15) is 17.7 Å². The van der Waals surface area contributed by atoms with Crippen LogP contribution in [0.5, 0.6) is 0 Å². The highest BCUT2D eigenvalue weighted by Crippen LogP contribution is 2.28. The molecule has 3 aromatic heterocycles. The van der Waals surface area contributed by atoms with Gasteiger partial charge in [0.15, 0.2) is 17.3 Å². The van der Waals surface area contributed by atoms with E-state index < -0.39 is 17.8 Å². The maximum Gasteiger partial charge on any atom is 0.453 e. The standard InChI is InChI=1S/C16H16F4N8/c1-2-10-13(17)14(22-9-21-10)27-7-5-26(6-8-27)12-4-3-11-23-24-15(16(18,19)20)28(11)25-12/h3-4,9H,2,5-8H2,1H3.